The van der Waals surface area contributed by atoms with Gasteiger partial charge in [-0.05, 0) is 46.7 Å². The first-order valence-corrected chi connectivity index (χ1v) is 9.03. The Morgan fingerprint density at radius 1 is 0.964 bits per heavy atom. The number of hydrogen-bond acceptors (Lipinski definition) is 3. The lowest BCUT2D eigenvalue weighted by Gasteiger charge is -2.07. The standard InChI is InChI=1S/C23H22N2O3/c1-28-21-11-6-17(7-12-21)8-13-22(26)24-15-14-23(27)25-20-10-9-18-4-2-3-5-19(18)16-20/h2-13,16H,14-15H2,1H3,(H,24,26)(H,25,27)/b13-8+. The van der Waals surface area contributed by atoms with Gasteiger partial charge in [0.1, 0.15) is 5.75 Å². The molecule has 0 aliphatic rings. The van der Waals surface area contributed by atoms with Crippen molar-refractivity contribution in [2.24, 2.45) is 0 Å². The van der Waals surface area contributed by atoms with Gasteiger partial charge in [-0.3, -0.25) is 9.59 Å². The first kappa shape index (κ1) is 19.2. The molecule has 0 aliphatic carbocycles. The number of rotatable bonds is 7. The molecular formula is C23H22N2O3. The number of fused-ring (bicyclic) bond motifs is 1. The van der Waals surface area contributed by atoms with Gasteiger partial charge in [0.05, 0.1) is 7.11 Å². The van der Waals surface area contributed by atoms with Gasteiger partial charge in [-0.15, -0.1) is 0 Å². The van der Waals surface area contributed by atoms with Crippen LogP contribution in [0.1, 0.15) is 12.0 Å². The lowest BCUT2D eigenvalue weighted by atomic mass is 10.1. The third-order valence-electron chi connectivity index (χ3n) is 4.23. The molecule has 0 heterocycles. The van der Waals surface area contributed by atoms with Crippen molar-refractivity contribution in [2.45, 2.75) is 6.42 Å². The molecule has 3 aromatic rings. The van der Waals surface area contributed by atoms with Crippen LogP contribution in [0.3, 0.4) is 0 Å². The minimum atomic E-state index is -0.241. The summed E-state index contributed by atoms with van der Waals surface area (Å²) < 4.78 is 5.09. The highest BCUT2D eigenvalue weighted by Crippen LogP contribution is 2.18. The molecule has 2 amide bonds. The van der Waals surface area contributed by atoms with Crippen molar-refractivity contribution < 1.29 is 14.3 Å². The van der Waals surface area contributed by atoms with Crippen LogP contribution in [0.4, 0.5) is 5.69 Å². The van der Waals surface area contributed by atoms with Gasteiger partial charge in [0.2, 0.25) is 11.8 Å². The van der Waals surface area contributed by atoms with E-state index in [1.54, 1.807) is 13.2 Å². The highest BCUT2D eigenvalue weighted by atomic mass is 16.5. The SMILES string of the molecule is COc1ccc(/C=C/C(=O)NCCC(=O)Nc2ccc3ccccc3c2)cc1. The van der Waals surface area contributed by atoms with Gasteiger partial charge in [0, 0.05) is 24.7 Å². The molecule has 0 saturated carbocycles. The molecule has 5 heteroatoms. The van der Waals surface area contributed by atoms with Crippen LogP contribution < -0.4 is 15.4 Å². The fourth-order valence-electron chi connectivity index (χ4n) is 2.74. The number of nitrogens with one attached hydrogen (secondary N) is 2. The van der Waals surface area contributed by atoms with Crippen molar-refractivity contribution in [3.8, 4) is 5.75 Å². The van der Waals surface area contributed by atoms with Crippen LogP contribution in [0.25, 0.3) is 16.8 Å². The third kappa shape index (κ3) is 5.45. The van der Waals surface area contributed by atoms with Crippen molar-refractivity contribution in [1.29, 1.82) is 0 Å². The fourth-order valence-corrected chi connectivity index (χ4v) is 2.74. The van der Waals surface area contributed by atoms with Crippen LogP contribution >= 0.6 is 0 Å². The van der Waals surface area contributed by atoms with Crippen LogP contribution in [0, 0.1) is 0 Å². The molecule has 5 nitrogen and oxygen atoms in total. The Balaban J connectivity index is 1.43. The number of carbonyl (C=O) groups excluding carboxylic acids is 2. The van der Waals surface area contributed by atoms with Crippen LogP contribution in [0.15, 0.2) is 72.8 Å². The Labute approximate surface area is 164 Å². The predicted molar refractivity (Wildman–Crippen MR) is 112 cm³/mol. The topological polar surface area (TPSA) is 67.4 Å². The molecular weight excluding hydrogens is 352 g/mol. The molecule has 3 rings (SSSR count). The number of hydrogen-bond donors (Lipinski definition) is 2. The first-order chi connectivity index (χ1) is 13.6. The maximum Gasteiger partial charge on any atom is 0.244 e. The summed E-state index contributed by atoms with van der Waals surface area (Å²) in [6.45, 7) is 0.269. The number of ether oxygens (including phenoxy) is 1. The highest BCUT2D eigenvalue weighted by Gasteiger charge is 2.04. The zero-order valence-corrected chi connectivity index (χ0v) is 15.6. The lowest BCUT2D eigenvalue weighted by Crippen LogP contribution is -2.26. The largest absolute Gasteiger partial charge is 0.497 e. The Morgan fingerprint density at radius 3 is 2.46 bits per heavy atom. The summed E-state index contributed by atoms with van der Waals surface area (Å²) in [5.74, 6) is 0.378. The monoisotopic (exact) mass is 374 g/mol. The molecule has 0 atom stereocenters. The zero-order chi connectivity index (χ0) is 19.8. The van der Waals surface area contributed by atoms with E-state index in [-0.39, 0.29) is 24.8 Å². The van der Waals surface area contributed by atoms with Crippen LogP contribution in [0.5, 0.6) is 5.75 Å². The Morgan fingerprint density at radius 2 is 1.71 bits per heavy atom. The van der Waals surface area contributed by atoms with Crippen molar-refractivity contribution in [2.75, 3.05) is 19.0 Å². The zero-order valence-electron chi connectivity index (χ0n) is 15.6. The molecule has 0 spiro atoms. The summed E-state index contributed by atoms with van der Waals surface area (Å²) in [6, 6.07) is 21.1. The van der Waals surface area contributed by atoms with E-state index in [2.05, 4.69) is 10.6 Å². The molecule has 0 bridgehead atoms. The van der Waals surface area contributed by atoms with Gasteiger partial charge in [0.15, 0.2) is 0 Å². The average molecular weight is 374 g/mol. The van der Waals surface area contributed by atoms with Gasteiger partial charge in [-0.25, -0.2) is 0 Å². The molecule has 0 unspecified atom stereocenters. The van der Waals surface area contributed by atoms with Crippen molar-refractivity contribution in [3.63, 3.8) is 0 Å². The molecule has 0 saturated heterocycles. The number of carbonyl (C=O) groups is 2. The molecule has 142 valence electrons. The predicted octanol–water partition coefficient (Wildman–Crippen LogP) is 4.01. The fraction of sp³-hybridized carbons (Fsp3) is 0.130. The summed E-state index contributed by atoms with van der Waals surface area (Å²) in [4.78, 5) is 23.9. The Bertz CT molecular complexity index is 994. The van der Waals surface area contributed by atoms with Crippen molar-refractivity contribution in [1.82, 2.24) is 5.32 Å². The van der Waals surface area contributed by atoms with E-state index in [0.717, 1.165) is 27.8 Å². The maximum atomic E-state index is 12.1. The molecule has 0 radical (unpaired) electrons. The van der Waals surface area contributed by atoms with E-state index < -0.39 is 0 Å². The maximum absolute atomic E-state index is 12.1. The normalized spacial score (nSPS) is 10.8. The Hall–Kier alpha value is -3.60. The van der Waals surface area contributed by atoms with Crippen LogP contribution in [0.2, 0.25) is 0 Å². The van der Waals surface area contributed by atoms with E-state index in [4.69, 9.17) is 4.74 Å². The minimum Gasteiger partial charge on any atom is -0.497 e. The van der Waals surface area contributed by atoms with Crippen molar-refractivity contribution >= 4 is 34.4 Å². The molecule has 0 aliphatic heterocycles. The first-order valence-electron chi connectivity index (χ1n) is 9.03. The van der Waals surface area contributed by atoms with Gasteiger partial charge in [-0.1, -0.05) is 42.5 Å². The van der Waals surface area contributed by atoms with Gasteiger partial charge in [0.25, 0.3) is 0 Å². The Kier molecular flexibility index (Phi) is 6.41. The van der Waals surface area contributed by atoms with E-state index in [9.17, 15) is 9.59 Å². The van der Waals surface area contributed by atoms with E-state index in [1.165, 1.54) is 6.08 Å². The van der Waals surface area contributed by atoms with Gasteiger partial charge < -0.3 is 15.4 Å². The minimum absolute atomic E-state index is 0.144. The number of anilines is 1. The van der Waals surface area contributed by atoms with Crippen molar-refractivity contribution in [3.05, 3.63) is 78.4 Å². The second kappa shape index (κ2) is 9.37. The molecule has 2 N–H and O–H groups in total. The van der Waals surface area contributed by atoms with Gasteiger partial charge in [-0.2, -0.15) is 0 Å². The number of benzene rings is 3. The molecule has 28 heavy (non-hydrogen) atoms. The molecule has 0 aromatic heterocycles. The van der Waals surface area contributed by atoms with E-state index in [0.29, 0.717) is 0 Å². The quantitative estimate of drug-likeness (QED) is 0.614. The van der Waals surface area contributed by atoms with Crippen LogP contribution in [-0.2, 0) is 9.59 Å². The summed E-state index contributed by atoms with van der Waals surface area (Å²) in [7, 11) is 1.61. The smallest absolute Gasteiger partial charge is 0.244 e. The average Bonchev–Trinajstić information content (AvgIpc) is 2.72. The highest BCUT2D eigenvalue weighted by molar-refractivity contribution is 5.95. The van der Waals surface area contributed by atoms with Crippen LogP contribution in [-0.4, -0.2) is 25.5 Å². The van der Waals surface area contributed by atoms with Gasteiger partial charge >= 0.3 is 0 Å². The molecule has 3 aromatic carbocycles. The lowest BCUT2D eigenvalue weighted by molar-refractivity contribution is -0.117. The summed E-state index contributed by atoms with van der Waals surface area (Å²) >= 11 is 0. The number of amides is 2. The summed E-state index contributed by atoms with van der Waals surface area (Å²) in [5.41, 5.74) is 1.64. The second-order valence-corrected chi connectivity index (χ2v) is 6.26. The number of methoxy groups -OCH3 is 1. The third-order valence-corrected chi connectivity index (χ3v) is 4.23. The molecule has 0 fully saturated rings. The second-order valence-electron chi connectivity index (χ2n) is 6.26. The summed E-state index contributed by atoms with van der Waals surface area (Å²) in [5, 5.41) is 7.76. The van der Waals surface area contributed by atoms with E-state index in [1.807, 2.05) is 66.7 Å². The van der Waals surface area contributed by atoms with E-state index >= 15 is 0 Å². The summed E-state index contributed by atoms with van der Waals surface area (Å²) in [6.07, 6.45) is 3.36.